The monoisotopic (exact) mass is 427 g/mol. The third-order valence-corrected chi connectivity index (χ3v) is 5.18. The first kappa shape index (κ1) is 19.2. The highest BCUT2D eigenvalue weighted by Gasteiger charge is 2.15. The van der Waals surface area contributed by atoms with Crippen LogP contribution in [0.25, 0.3) is 16.7 Å². The SMILES string of the molecule is Cc1ccc(-n2ncc3c(=O)n(NC(=O)c4cc(Cl)ccc4Cl)cnc32)cc1C. The van der Waals surface area contributed by atoms with E-state index in [1.54, 1.807) is 10.7 Å². The van der Waals surface area contributed by atoms with E-state index in [9.17, 15) is 9.59 Å². The molecule has 0 aliphatic rings. The van der Waals surface area contributed by atoms with Crippen LogP contribution < -0.4 is 11.0 Å². The number of aromatic nitrogens is 4. The highest BCUT2D eigenvalue weighted by Crippen LogP contribution is 2.21. The molecule has 0 saturated heterocycles. The van der Waals surface area contributed by atoms with Gasteiger partial charge in [-0.05, 0) is 55.3 Å². The zero-order chi connectivity index (χ0) is 20.7. The molecule has 1 amide bonds. The average molecular weight is 428 g/mol. The number of hydrogen-bond acceptors (Lipinski definition) is 4. The molecule has 0 spiro atoms. The Hall–Kier alpha value is -3.16. The van der Waals surface area contributed by atoms with E-state index < -0.39 is 11.5 Å². The summed E-state index contributed by atoms with van der Waals surface area (Å²) in [5, 5.41) is 5.13. The van der Waals surface area contributed by atoms with Crippen molar-refractivity contribution in [2.24, 2.45) is 0 Å². The van der Waals surface area contributed by atoms with Crippen LogP contribution in [-0.4, -0.2) is 25.3 Å². The lowest BCUT2D eigenvalue weighted by Gasteiger charge is -2.10. The van der Waals surface area contributed by atoms with Gasteiger partial charge in [-0.3, -0.25) is 15.0 Å². The minimum atomic E-state index is -0.581. The van der Waals surface area contributed by atoms with Crippen LogP contribution >= 0.6 is 23.2 Å². The summed E-state index contributed by atoms with van der Waals surface area (Å²) in [4.78, 5) is 29.6. The number of nitrogens with one attached hydrogen (secondary N) is 1. The molecule has 0 saturated carbocycles. The fourth-order valence-electron chi connectivity index (χ4n) is 2.88. The van der Waals surface area contributed by atoms with Gasteiger partial charge in [0.05, 0.1) is 22.5 Å². The molecule has 146 valence electrons. The van der Waals surface area contributed by atoms with Crippen molar-refractivity contribution in [3.8, 4) is 5.69 Å². The Balaban J connectivity index is 1.72. The molecule has 4 rings (SSSR count). The Morgan fingerprint density at radius 1 is 1.07 bits per heavy atom. The standard InChI is InChI=1S/C20H15Cl2N5O2/c1-11-3-5-14(7-12(11)2)27-18-16(9-24-27)20(29)26(10-23-18)25-19(28)15-8-13(21)4-6-17(15)22/h3-10H,1-2H3,(H,25,28). The third kappa shape index (κ3) is 3.50. The van der Waals surface area contributed by atoms with Gasteiger partial charge in [0.2, 0.25) is 0 Å². The van der Waals surface area contributed by atoms with E-state index in [2.05, 4.69) is 15.5 Å². The van der Waals surface area contributed by atoms with Gasteiger partial charge >= 0.3 is 0 Å². The molecule has 2 heterocycles. The van der Waals surface area contributed by atoms with Crippen LogP contribution in [0, 0.1) is 13.8 Å². The Bertz CT molecular complexity index is 1330. The summed E-state index contributed by atoms with van der Waals surface area (Å²) in [6.45, 7) is 4.02. The highest BCUT2D eigenvalue weighted by molar-refractivity contribution is 6.36. The molecule has 0 radical (unpaired) electrons. The van der Waals surface area contributed by atoms with Crippen LogP contribution in [-0.2, 0) is 0 Å². The predicted octanol–water partition coefficient (Wildman–Crippen LogP) is 3.89. The van der Waals surface area contributed by atoms with Crippen LogP contribution in [0.15, 0.2) is 53.7 Å². The number of benzene rings is 2. The lowest BCUT2D eigenvalue weighted by atomic mass is 10.1. The van der Waals surface area contributed by atoms with E-state index in [0.717, 1.165) is 21.5 Å². The first-order valence-electron chi connectivity index (χ1n) is 8.64. The van der Waals surface area contributed by atoms with E-state index in [0.29, 0.717) is 10.7 Å². The smallest absolute Gasteiger partial charge is 0.267 e. The molecule has 0 aliphatic carbocycles. The molecular weight excluding hydrogens is 413 g/mol. The maximum Gasteiger partial charge on any atom is 0.283 e. The van der Waals surface area contributed by atoms with Crippen molar-refractivity contribution in [3.63, 3.8) is 0 Å². The second-order valence-electron chi connectivity index (χ2n) is 6.55. The molecule has 0 bridgehead atoms. The molecule has 7 nitrogen and oxygen atoms in total. The first-order chi connectivity index (χ1) is 13.8. The summed E-state index contributed by atoms with van der Waals surface area (Å²) < 4.78 is 2.58. The fraction of sp³-hybridized carbons (Fsp3) is 0.100. The summed E-state index contributed by atoms with van der Waals surface area (Å²) in [5.41, 5.74) is 5.61. The second-order valence-corrected chi connectivity index (χ2v) is 7.39. The van der Waals surface area contributed by atoms with Gasteiger partial charge in [-0.1, -0.05) is 29.3 Å². The van der Waals surface area contributed by atoms with Crippen LogP contribution in [0.1, 0.15) is 21.5 Å². The maximum atomic E-state index is 12.8. The number of amides is 1. The Morgan fingerprint density at radius 2 is 1.86 bits per heavy atom. The number of fused-ring (bicyclic) bond motifs is 1. The van der Waals surface area contributed by atoms with Crippen molar-refractivity contribution >= 4 is 40.1 Å². The third-order valence-electron chi connectivity index (χ3n) is 4.62. The van der Waals surface area contributed by atoms with Crippen LogP contribution in [0.3, 0.4) is 0 Å². The van der Waals surface area contributed by atoms with E-state index in [1.807, 2.05) is 32.0 Å². The quantitative estimate of drug-likeness (QED) is 0.537. The maximum absolute atomic E-state index is 12.8. The lowest BCUT2D eigenvalue weighted by molar-refractivity contribution is 0.101. The van der Waals surface area contributed by atoms with Crippen molar-refractivity contribution in [1.82, 2.24) is 19.4 Å². The molecule has 2 aromatic heterocycles. The largest absolute Gasteiger partial charge is 0.283 e. The molecular formula is C20H15Cl2N5O2. The number of carbonyl (C=O) groups is 1. The van der Waals surface area contributed by atoms with Gasteiger partial charge in [0.15, 0.2) is 5.65 Å². The molecule has 2 aromatic carbocycles. The topological polar surface area (TPSA) is 81.8 Å². The van der Waals surface area contributed by atoms with Gasteiger partial charge in [-0.25, -0.2) is 14.3 Å². The van der Waals surface area contributed by atoms with Crippen molar-refractivity contribution in [2.45, 2.75) is 13.8 Å². The van der Waals surface area contributed by atoms with Gasteiger partial charge < -0.3 is 0 Å². The lowest BCUT2D eigenvalue weighted by Crippen LogP contribution is -2.33. The average Bonchev–Trinajstić information content (AvgIpc) is 3.13. The molecule has 0 unspecified atom stereocenters. The second kappa shape index (κ2) is 7.35. The number of rotatable bonds is 3. The molecule has 0 atom stereocenters. The van der Waals surface area contributed by atoms with Gasteiger partial charge in [0.25, 0.3) is 11.5 Å². The van der Waals surface area contributed by atoms with Gasteiger partial charge in [-0.2, -0.15) is 5.10 Å². The Kier molecular flexibility index (Phi) is 4.86. The van der Waals surface area contributed by atoms with Crippen molar-refractivity contribution < 1.29 is 4.79 Å². The van der Waals surface area contributed by atoms with E-state index >= 15 is 0 Å². The summed E-state index contributed by atoms with van der Waals surface area (Å²) >= 11 is 12.0. The van der Waals surface area contributed by atoms with E-state index in [1.165, 1.54) is 24.7 Å². The Labute approximate surface area is 175 Å². The molecule has 0 fully saturated rings. The van der Waals surface area contributed by atoms with Crippen LogP contribution in [0.4, 0.5) is 0 Å². The molecule has 4 aromatic rings. The molecule has 29 heavy (non-hydrogen) atoms. The van der Waals surface area contributed by atoms with Crippen molar-refractivity contribution in [2.75, 3.05) is 5.43 Å². The zero-order valence-corrected chi connectivity index (χ0v) is 17.0. The first-order valence-corrected chi connectivity index (χ1v) is 9.40. The van der Waals surface area contributed by atoms with Crippen molar-refractivity contribution in [3.05, 3.63) is 86.0 Å². The van der Waals surface area contributed by atoms with Crippen LogP contribution in [0.2, 0.25) is 10.0 Å². The number of aryl methyl sites for hydroxylation is 2. The number of carbonyl (C=O) groups excluding carboxylic acids is 1. The molecule has 0 aliphatic heterocycles. The van der Waals surface area contributed by atoms with Crippen molar-refractivity contribution in [1.29, 1.82) is 0 Å². The number of halogens is 2. The van der Waals surface area contributed by atoms with E-state index in [4.69, 9.17) is 23.2 Å². The van der Waals surface area contributed by atoms with E-state index in [-0.39, 0.29) is 16.0 Å². The molecule has 1 N–H and O–H groups in total. The van der Waals surface area contributed by atoms with Gasteiger partial charge in [0, 0.05) is 5.02 Å². The van der Waals surface area contributed by atoms with Gasteiger partial charge in [0.1, 0.15) is 11.7 Å². The fourth-order valence-corrected chi connectivity index (χ4v) is 3.25. The summed E-state index contributed by atoms with van der Waals surface area (Å²) in [6.07, 6.45) is 2.66. The minimum Gasteiger partial charge on any atom is -0.267 e. The highest BCUT2D eigenvalue weighted by atomic mass is 35.5. The normalized spacial score (nSPS) is 11.0. The number of nitrogens with zero attached hydrogens (tertiary/aromatic N) is 4. The summed E-state index contributed by atoms with van der Waals surface area (Å²) in [7, 11) is 0. The summed E-state index contributed by atoms with van der Waals surface area (Å²) in [6, 6.07) is 10.4. The molecule has 9 heteroatoms. The van der Waals surface area contributed by atoms with Crippen LogP contribution in [0.5, 0.6) is 0 Å². The summed E-state index contributed by atoms with van der Waals surface area (Å²) in [5.74, 6) is -0.581. The number of hydrogen-bond donors (Lipinski definition) is 1. The Morgan fingerprint density at radius 3 is 2.62 bits per heavy atom. The minimum absolute atomic E-state index is 0.150. The van der Waals surface area contributed by atoms with Gasteiger partial charge in [-0.15, -0.1) is 0 Å². The predicted molar refractivity (Wildman–Crippen MR) is 113 cm³/mol. The zero-order valence-electron chi connectivity index (χ0n) is 15.5.